The van der Waals surface area contributed by atoms with E-state index in [4.69, 9.17) is 4.74 Å². The van der Waals surface area contributed by atoms with Crippen LogP contribution >= 0.6 is 0 Å². The van der Waals surface area contributed by atoms with Crippen molar-refractivity contribution >= 4 is 5.95 Å². The summed E-state index contributed by atoms with van der Waals surface area (Å²) in [6, 6.07) is 0. The van der Waals surface area contributed by atoms with E-state index >= 15 is 0 Å². The zero-order valence-corrected chi connectivity index (χ0v) is 10.5. The van der Waals surface area contributed by atoms with Gasteiger partial charge in [0.1, 0.15) is 0 Å². The molecule has 17 heavy (non-hydrogen) atoms. The maximum atomic E-state index is 13.7. The fourth-order valence-electron chi connectivity index (χ4n) is 1.39. The Morgan fingerprint density at radius 3 is 2.24 bits per heavy atom. The first-order chi connectivity index (χ1) is 8.13. The standard InChI is InChI=1S/C10H14FN3O.CH3F/c1-14(2)10-12-8(6-4-5-6)7(11)9(13-10)15-3;1-2/h6H,4-5H2,1-3H3;1H3. The molecule has 1 saturated carbocycles. The number of ether oxygens (including phenoxy) is 1. The Morgan fingerprint density at radius 2 is 1.82 bits per heavy atom. The number of alkyl halides is 1. The maximum absolute atomic E-state index is 13.7. The Morgan fingerprint density at radius 1 is 1.24 bits per heavy atom. The van der Waals surface area contributed by atoms with Gasteiger partial charge in [-0.05, 0) is 12.8 Å². The second kappa shape index (κ2) is 5.75. The lowest BCUT2D eigenvalue weighted by molar-refractivity contribution is 0.364. The molecule has 0 unspecified atom stereocenters. The highest BCUT2D eigenvalue weighted by atomic mass is 19.1. The molecule has 1 heterocycles. The summed E-state index contributed by atoms with van der Waals surface area (Å²) in [6.07, 6.45) is 2.01. The SMILES string of the molecule is CF.COc1nc(N(C)C)nc(C2CC2)c1F. The van der Waals surface area contributed by atoms with Crippen LogP contribution < -0.4 is 9.64 Å². The first kappa shape index (κ1) is 13.6. The van der Waals surface area contributed by atoms with Gasteiger partial charge in [-0.25, -0.2) is 4.98 Å². The van der Waals surface area contributed by atoms with Gasteiger partial charge in [-0.15, -0.1) is 0 Å². The molecule has 96 valence electrons. The van der Waals surface area contributed by atoms with Crippen molar-refractivity contribution in [3.63, 3.8) is 0 Å². The van der Waals surface area contributed by atoms with Crippen molar-refractivity contribution in [3.05, 3.63) is 11.5 Å². The summed E-state index contributed by atoms with van der Waals surface area (Å²) >= 11 is 0. The van der Waals surface area contributed by atoms with Crippen LogP contribution in [0.1, 0.15) is 24.5 Å². The Bertz CT molecular complexity index is 381. The highest BCUT2D eigenvalue weighted by Crippen LogP contribution is 2.42. The number of halogens is 2. The van der Waals surface area contributed by atoms with Crippen LogP contribution in [-0.2, 0) is 0 Å². The molecule has 1 aromatic rings. The topological polar surface area (TPSA) is 38.2 Å². The summed E-state index contributed by atoms with van der Waals surface area (Å²) < 4.78 is 28.1. The number of hydrogen-bond donors (Lipinski definition) is 0. The molecule has 0 spiro atoms. The van der Waals surface area contributed by atoms with E-state index in [2.05, 4.69) is 9.97 Å². The van der Waals surface area contributed by atoms with E-state index in [1.807, 2.05) is 14.1 Å². The van der Waals surface area contributed by atoms with E-state index in [0.717, 1.165) is 12.8 Å². The van der Waals surface area contributed by atoms with E-state index in [0.29, 0.717) is 18.8 Å². The lowest BCUT2D eigenvalue weighted by Crippen LogP contribution is -2.15. The molecule has 1 aliphatic rings. The minimum Gasteiger partial charge on any atom is -0.479 e. The minimum absolute atomic E-state index is 0.0376. The Kier molecular flexibility index (Phi) is 4.60. The minimum atomic E-state index is -0.411. The van der Waals surface area contributed by atoms with E-state index < -0.39 is 5.82 Å². The fourth-order valence-corrected chi connectivity index (χ4v) is 1.39. The Balaban J connectivity index is 0.000000686. The highest BCUT2D eigenvalue weighted by Gasteiger charge is 2.31. The monoisotopic (exact) mass is 245 g/mol. The molecule has 0 aliphatic heterocycles. The maximum Gasteiger partial charge on any atom is 0.255 e. The number of hydrogen-bond acceptors (Lipinski definition) is 4. The summed E-state index contributed by atoms with van der Waals surface area (Å²) in [5, 5.41) is 0. The average molecular weight is 245 g/mol. The second-order valence-corrected chi connectivity index (χ2v) is 3.90. The lowest BCUT2D eigenvalue weighted by Gasteiger charge is -2.13. The van der Waals surface area contributed by atoms with Gasteiger partial charge in [-0.2, -0.15) is 9.37 Å². The van der Waals surface area contributed by atoms with Crippen molar-refractivity contribution in [2.75, 3.05) is 33.3 Å². The zero-order chi connectivity index (χ0) is 13.0. The van der Waals surface area contributed by atoms with Crippen LogP contribution in [0.4, 0.5) is 14.7 Å². The van der Waals surface area contributed by atoms with Crippen molar-refractivity contribution < 1.29 is 13.5 Å². The third kappa shape index (κ3) is 3.01. The lowest BCUT2D eigenvalue weighted by atomic mass is 10.2. The summed E-state index contributed by atoms with van der Waals surface area (Å²) in [6.45, 7) is 0. The van der Waals surface area contributed by atoms with Gasteiger partial charge in [-0.3, -0.25) is 4.39 Å². The van der Waals surface area contributed by atoms with Gasteiger partial charge in [0, 0.05) is 20.0 Å². The predicted molar refractivity (Wildman–Crippen MR) is 61.9 cm³/mol. The molecule has 1 fully saturated rings. The molecule has 0 radical (unpaired) electrons. The quantitative estimate of drug-likeness (QED) is 0.818. The molecule has 4 nitrogen and oxygen atoms in total. The summed E-state index contributed by atoms with van der Waals surface area (Å²) in [5.41, 5.74) is 0.491. The molecule has 1 aromatic heterocycles. The molecular formula is C11H17F2N3O. The molecule has 1 aliphatic carbocycles. The van der Waals surface area contributed by atoms with Gasteiger partial charge >= 0.3 is 0 Å². The summed E-state index contributed by atoms with van der Waals surface area (Å²) in [7, 11) is 5.56. The van der Waals surface area contributed by atoms with Crippen LogP contribution in [0.5, 0.6) is 5.88 Å². The molecule has 0 bridgehead atoms. The summed E-state index contributed by atoms with van der Waals surface area (Å²) in [5.74, 6) is 0.372. The van der Waals surface area contributed by atoms with E-state index in [-0.39, 0.29) is 11.8 Å². The number of anilines is 1. The average Bonchev–Trinajstić information content (AvgIpc) is 3.15. The summed E-state index contributed by atoms with van der Waals surface area (Å²) in [4.78, 5) is 9.92. The molecule has 0 aromatic carbocycles. The van der Waals surface area contributed by atoms with Gasteiger partial charge in [0.2, 0.25) is 11.8 Å². The van der Waals surface area contributed by atoms with Crippen LogP contribution in [0.3, 0.4) is 0 Å². The van der Waals surface area contributed by atoms with Crippen molar-refractivity contribution in [2.24, 2.45) is 0 Å². The van der Waals surface area contributed by atoms with Crippen molar-refractivity contribution in [3.8, 4) is 5.88 Å². The second-order valence-electron chi connectivity index (χ2n) is 3.90. The molecular weight excluding hydrogens is 228 g/mol. The van der Waals surface area contributed by atoms with E-state index in [1.54, 1.807) is 4.90 Å². The fraction of sp³-hybridized carbons (Fsp3) is 0.636. The third-order valence-electron chi connectivity index (χ3n) is 2.39. The zero-order valence-electron chi connectivity index (χ0n) is 10.5. The van der Waals surface area contributed by atoms with Gasteiger partial charge in [0.15, 0.2) is 0 Å². The molecule has 0 N–H and O–H groups in total. The van der Waals surface area contributed by atoms with Gasteiger partial charge < -0.3 is 9.64 Å². The normalized spacial score (nSPS) is 13.8. The largest absolute Gasteiger partial charge is 0.479 e. The predicted octanol–water partition coefficient (Wildman–Crippen LogP) is 2.15. The first-order valence-electron chi connectivity index (χ1n) is 5.30. The van der Waals surface area contributed by atoms with Crippen LogP contribution in [0.2, 0.25) is 0 Å². The number of aromatic nitrogens is 2. The van der Waals surface area contributed by atoms with Crippen LogP contribution in [-0.4, -0.2) is 38.4 Å². The first-order valence-corrected chi connectivity index (χ1v) is 5.30. The molecule has 2 rings (SSSR count). The highest BCUT2D eigenvalue weighted by molar-refractivity contribution is 5.36. The third-order valence-corrected chi connectivity index (χ3v) is 2.39. The van der Waals surface area contributed by atoms with Crippen molar-refractivity contribution in [1.82, 2.24) is 9.97 Å². The molecule has 0 atom stereocenters. The van der Waals surface area contributed by atoms with E-state index in [9.17, 15) is 8.78 Å². The van der Waals surface area contributed by atoms with Crippen LogP contribution in [0.25, 0.3) is 0 Å². The number of nitrogens with zero attached hydrogens (tertiary/aromatic N) is 3. The van der Waals surface area contributed by atoms with Gasteiger partial charge in [-0.1, -0.05) is 0 Å². The Labute approximate surface area is 99.6 Å². The molecule has 0 amide bonds. The number of rotatable bonds is 3. The van der Waals surface area contributed by atoms with Crippen molar-refractivity contribution in [1.29, 1.82) is 0 Å². The number of methoxy groups -OCH3 is 1. The molecule has 6 heteroatoms. The molecule has 0 saturated heterocycles. The van der Waals surface area contributed by atoms with E-state index in [1.165, 1.54) is 7.11 Å². The smallest absolute Gasteiger partial charge is 0.255 e. The van der Waals surface area contributed by atoms with Gasteiger partial charge in [0.05, 0.1) is 20.0 Å². The van der Waals surface area contributed by atoms with Crippen LogP contribution in [0, 0.1) is 5.82 Å². The van der Waals surface area contributed by atoms with Gasteiger partial charge in [0.25, 0.3) is 5.88 Å². The van der Waals surface area contributed by atoms with Crippen LogP contribution in [0.15, 0.2) is 0 Å². The van der Waals surface area contributed by atoms with Crippen molar-refractivity contribution in [2.45, 2.75) is 18.8 Å². The Hall–Kier alpha value is -1.46.